The molecule has 0 saturated heterocycles. The summed E-state index contributed by atoms with van der Waals surface area (Å²) in [4.78, 5) is 0. The van der Waals surface area contributed by atoms with Crippen molar-refractivity contribution in [2.24, 2.45) is 22.7 Å². The highest BCUT2D eigenvalue weighted by molar-refractivity contribution is 5.12. The summed E-state index contributed by atoms with van der Waals surface area (Å²) in [5.41, 5.74) is -2.10. The second-order valence-electron chi connectivity index (χ2n) is 9.22. The molecule has 23 heavy (non-hydrogen) atoms. The van der Waals surface area contributed by atoms with Gasteiger partial charge in [0.2, 0.25) is 0 Å². The van der Waals surface area contributed by atoms with E-state index < -0.39 is 17.3 Å². The van der Waals surface area contributed by atoms with Crippen molar-refractivity contribution in [2.75, 3.05) is 0 Å². The second kappa shape index (κ2) is 5.86. The van der Waals surface area contributed by atoms with Crippen molar-refractivity contribution in [2.45, 2.75) is 90.4 Å². The monoisotopic (exact) mass is 324 g/mol. The normalized spacial score (nSPS) is 50.0. The highest BCUT2D eigenvalue weighted by Gasteiger charge is 2.62. The zero-order valence-corrected chi connectivity index (χ0v) is 15.6. The van der Waals surface area contributed by atoms with Crippen LogP contribution < -0.4 is 0 Å². The average Bonchev–Trinajstić information content (AvgIpc) is 2.48. The molecule has 3 heteroatoms. The maximum atomic E-state index is 11.1. The van der Waals surface area contributed by atoms with Gasteiger partial charge in [0.05, 0.1) is 17.3 Å². The summed E-state index contributed by atoms with van der Waals surface area (Å²) in [5, 5.41) is 31.8. The molecule has 2 aliphatic carbocycles. The summed E-state index contributed by atoms with van der Waals surface area (Å²) < 4.78 is 0. The summed E-state index contributed by atoms with van der Waals surface area (Å²) in [5.74, 6) is 0.907. The van der Waals surface area contributed by atoms with E-state index in [1.165, 1.54) is 0 Å². The molecular formula is C20H36O3. The van der Waals surface area contributed by atoms with Crippen molar-refractivity contribution in [1.29, 1.82) is 0 Å². The first-order chi connectivity index (χ1) is 10.4. The molecule has 0 aliphatic heterocycles. The molecule has 0 amide bonds. The molecule has 0 aromatic rings. The number of rotatable bonds is 4. The predicted octanol–water partition coefficient (Wildman–Crippen LogP) is 3.67. The first kappa shape index (κ1) is 19.0. The van der Waals surface area contributed by atoms with Crippen LogP contribution in [0.5, 0.6) is 0 Å². The van der Waals surface area contributed by atoms with Gasteiger partial charge in [0.25, 0.3) is 0 Å². The van der Waals surface area contributed by atoms with Crippen molar-refractivity contribution in [1.82, 2.24) is 0 Å². The number of hydrogen-bond acceptors (Lipinski definition) is 3. The fraction of sp³-hybridized carbons (Fsp3) is 0.900. The molecule has 3 N–H and O–H groups in total. The smallest absolute Gasteiger partial charge is 0.0933 e. The standard InChI is InChI=1S/C20H36O3/c1-7-17(3,22)12-13-18(4)14(2)10-11-19(5)15(18)8-9-16(21)20(19,6)23/h7,14-16,21-23H,1,8-13H2,2-6H3/t14-,15-,16-,17-,18+,19-,20+/m1/s1. The zero-order valence-electron chi connectivity index (χ0n) is 15.6. The highest BCUT2D eigenvalue weighted by Crippen LogP contribution is 2.64. The van der Waals surface area contributed by atoms with Crippen LogP contribution in [0.1, 0.15) is 73.1 Å². The maximum Gasteiger partial charge on any atom is 0.0933 e. The predicted molar refractivity (Wildman–Crippen MR) is 94.0 cm³/mol. The molecule has 3 nitrogen and oxygen atoms in total. The second-order valence-corrected chi connectivity index (χ2v) is 9.22. The first-order valence-electron chi connectivity index (χ1n) is 9.17. The summed E-state index contributed by atoms with van der Waals surface area (Å²) in [6, 6.07) is 0. The zero-order chi connectivity index (χ0) is 17.7. The SMILES string of the molecule is C=C[C@@](C)(O)CC[C@@]1(C)[C@H](C)CC[C@]2(C)[C@@H]1CC[C@@H](O)[C@]2(C)O. The minimum atomic E-state index is -1.04. The Bertz CT molecular complexity index is 456. The van der Waals surface area contributed by atoms with E-state index in [2.05, 4.69) is 27.4 Å². The lowest BCUT2D eigenvalue weighted by molar-refractivity contribution is -0.236. The molecular weight excluding hydrogens is 288 g/mol. The molecule has 0 aromatic heterocycles. The molecule has 7 atom stereocenters. The molecule has 2 aliphatic rings. The van der Waals surface area contributed by atoms with Crippen LogP contribution in [0.15, 0.2) is 12.7 Å². The van der Waals surface area contributed by atoms with Crippen LogP contribution in [-0.4, -0.2) is 32.6 Å². The van der Waals surface area contributed by atoms with Gasteiger partial charge in [-0.3, -0.25) is 0 Å². The molecule has 2 fully saturated rings. The van der Waals surface area contributed by atoms with E-state index in [0.717, 1.165) is 25.7 Å². The number of aliphatic hydroxyl groups is 3. The molecule has 2 rings (SSSR count). The lowest BCUT2D eigenvalue weighted by atomic mass is 9.43. The minimum absolute atomic E-state index is 0.0597. The Hall–Kier alpha value is -0.380. The van der Waals surface area contributed by atoms with Gasteiger partial charge < -0.3 is 15.3 Å². The minimum Gasteiger partial charge on any atom is -0.390 e. The van der Waals surface area contributed by atoms with E-state index >= 15 is 0 Å². The fourth-order valence-electron chi connectivity index (χ4n) is 5.38. The van der Waals surface area contributed by atoms with Gasteiger partial charge in [-0.2, -0.15) is 0 Å². The van der Waals surface area contributed by atoms with Crippen LogP contribution in [-0.2, 0) is 0 Å². The van der Waals surface area contributed by atoms with Crippen LogP contribution in [0.4, 0.5) is 0 Å². The van der Waals surface area contributed by atoms with Gasteiger partial charge in [-0.25, -0.2) is 0 Å². The van der Waals surface area contributed by atoms with Crippen molar-refractivity contribution >= 4 is 0 Å². The molecule has 0 heterocycles. The van der Waals surface area contributed by atoms with E-state index in [1.807, 2.05) is 13.8 Å². The summed E-state index contributed by atoms with van der Waals surface area (Å²) in [6.07, 6.45) is 6.22. The number of fused-ring (bicyclic) bond motifs is 1. The molecule has 2 saturated carbocycles. The van der Waals surface area contributed by atoms with Crippen LogP contribution in [0.2, 0.25) is 0 Å². The molecule has 0 bridgehead atoms. The van der Waals surface area contributed by atoms with Crippen LogP contribution >= 0.6 is 0 Å². The highest BCUT2D eigenvalue weighted by atomic mass is 16.3. The van der Waals surface area contributed by atoms with E-state index in [-0.39, 0.29) is 10.8 Å². The van der Waals surface area contributed by atoms with Gasteiger partial charge >= 0.3 is 0 Å². The molecule has 134 valence electrons. The Balaban J connectivity index is 2.33. The lowest BCUT2D eigenvalue weighted by Crippen LogP contribution is -2.65. The lowest BCUT2D eigenvalue weighted by Gasteiger charge is -2.64. The topological polar surface area (TPSA) is 60.7 Å². The van der Waals surface area contributed by atoms with Crippen LogP contribution in [0.3, 0.4) is 0 Å². The van der Waals surface area contributed by atoms with Crippen LogP contribution in [0.25, 0.3) is 0 Å². The Morgan fingerprint density at radius 2 is 1.83 bits per heavy atom. The Kier molecular flexibility index (Phi) is 4.83. The summed E-state index contributed by atoms with van der Waals surface area (Å²) >= 11 is 0. The summed E-state index contributed by atoms with van der Waals surface area (Å²) in [7, 11) is 0. The average molecular weight is 325 g/mol. The van der Waals surface area contributed by atoms with Gasteiger partial charge in [-0.05, 0) is 69.6 Å². The van der Waals surface area contributed by atoms with Gasteiger partial charge in [-0.15, -0.1) is 6.58 Å². The van der Waals surface area contributed by atoms with Gasteiger partial charge in [0, 0.05) is 5.41 Å². The van der Waals surface area contributed by atoms with Crippen LogP contribution in [0, 0.1) is 22.7 Å². The van der Waals surface area contributed by atoms with Gasteiger partial charge in [0.1, 0.15) is 0 Å². The van der Waals surface area contributed by atoms with Gasteiger partial charge in [-0.1, -0.05) is 26.8 Å². The van der Waals surface area contributed by atoms with E-state index in [1.54, 1.807) is 6.08 Å². The third-order valence-corrected chi connectivity index (χ3v) is 7.93. The van der Waals surface area contributed by atoms with E-state index in [0.29, 0.717) is 24.7 Å². The maximum absolute atomic E-state index is 11.1. The van der Waals surface area contributed by atoms with Crippen molar-refractivity contribution in [3.63, 3.8) is 0 Å². The first-order valence-corrected chi connectivity index (χ1v) is 9.17. The van der Waals surface area contributed by atoms with Crippen molar-refractivity contribution < 1.29 is 15.3 Å². The van der Waals surface area contributed by atoms with Crippen molar-refractivity contribution in [3.05, 3.63) is 12.7 Å². The van der Waals surface area contributed by atoms with E-state index in [4.69, 9.17) is 0 Å². The quantitative estimate of drug-likeness (QED) is 0.692. The Labute approximate surface area is 141 Å². The molecule has 0 aromatic carbocycles. The molecule has 0 spiro atoms. The Morgan fingerprint density at radius 1 is 1.22 bits per heavy atom. The molecule has 0 unspecified atom stereocenters. The van der Waals surface area contributed by atoms with Crippen molar-refractivity contribution in [3.8, 4) is 0 Å². The number of aliphatic hydroxyl groups excluding tert-OH is 1. The Morgan fingerprint density at radius 3 is 2.39 bits per heavy atom. The summed E-state index contributed by atoms with van der Waals surface area (Å²) in [6.45, 7) is 14.2. The van der Waals surface area contributed by atoms with Gasteiger partial charge in [0.15, 0.2) is 0 Å². The van der Waals surface area contributed by atoms with E-state index in [9.17, 15) is 15.3 Å². The molecule has 0 radical (unpaired) electrons. The number of hydrogen-bond donors (Lipinski definition) is 3. The fourth-order valence-corrected chi connectivity index (χ4v) is 5.38. The largest absolute Gasteiger partial charge is 0.390 e. The third kappa shape index (κ3) is 2.89. The third-order valence-electron chi connectivity index (χ3n) is 7.93.